The maximum Gasteiger partial charge on any atom is 0.248 e. The van der Waals surface area contributed by atoms with E-state index in [4.69, 9.17) is 11.5 Å². The molecule has 1 aromatic heterocycles. The molecule has 3 rings (SSSR count). The zero-order valence-electron chi connectivity index (χ0n) is 11.1. The van der Waals surface area contributed by atoms with Gasteiger partial charge in [0, 0.05) is 22.3 Å². The van der Waals surface area contributed by atoms with E-state index < -0.39 is 5.91 Å². The van der Waals surface area contributed by atoms with Crippen LogP contribution in [0.25, 0.3) is 10.9 Å². The lowest BCUT2D eigenvalue weighted by Gasteiger charge is -2.09. The number of nitrogen functional groups attached to an aromatic ring is 1. The van der Waals surface area contributed by atoms with Gasteiger partial charge in [-0.15, -0.1) is 0 Å². The van der Waals surface area contributed by atoms with Crippen LogP contribution in [0.15, 0.2) is 48.8 Å². The maximum atomic E-state index is 11.1. The van der Waals surface area contributed by atoms with Gasteiger partial charge >= 0.3 is 0 Å². The van der Waals surface area contributed by atoms with Crippen molar-refractivity contribution in [2.45, 2.75) is 0 Å². The van der Waals surface area contributed by atoms with Crippen LogP contribution in [0.2, 0.25) is 0 Å². The van der Waals surface area contributed by atoms with Gasteiger partial charge in [0.1, 0.15) is 12.1 Å². The van der Waals surface area contributed by atoms with Crippen molar-refractivity contribution in [1.82, 2.24) is 9.97 Å². The number of hydrogen-bond donors (Lipinski definition) is 3. The van der Waals surface area contributed by atoms with Crippen molar-refractivity contribution in [3.05, 3.63) is 54.4 Å². The number of rotatable bonds is 3. The van der Waals surface area contributed by atoms with E-state index in [1.807, 2.05) is 12.1 Å². The molecule has 0 fully saturated rings. The smallest absolute Gasteiger partial charge is 0.248 e. The van der Waals surface area contributed by atoms with Crippen LogP contribution in [0.1, 0.15) is 10.4 Å². The summed E-state index contributed by atoms with van der Waals surface area (Å²) in [6.07, 6.45) is 1.48. The summed E-state index contributed by atoms with van der Waals surface area (Å²) < 4.78 is 0. The molecule has 0 saturated heterocycles. The van der Waals surface area contributed by atoms with Gasteiger partial charge in [0.2, 0.25) is 5.91 Å². The van der Waals surface area contributed by atoms with Gasteiger partial charge < -0.3 is 16.8 Å². The van der Waals surface area contributed by atoms with Crippen LogP contribution in [0, 0.1) is 0 Å². The molecule has 1 heterocycles. The topological polar surface area (TPSA) is 107 Å². The summed E-state index contributed by atoms with van der Waals surface area (Å²) in [7, 11) is 0. The maximum absolute atomic E-state index is 11.1. The zero-order valence-corrected chi connectivity index (χ0v) is 11.1. The quantitative estimate of drug-likeness (QED) is 0.636. The number of hydrogen-bond acceptors (Lipinski definition) is 5. The predicted octanol–water partition coefficient (Wildman–Crippen LogP) is 2.05. The Morgan fingerprint density at radius 3 is 2.52 bits per heavy atom. The van der Waals surface area contributed by atoms with E-state index in [1.165, 1.54) is 6.33 Å². The Morgan fingerprint density at radius 2 is 1.81 bits per heavy atom. The van der Waals surface area contributed by atoms with Gasteiger partial charge in [-0.3, -0.25) is 4.79 Å². The number of nitrogens with zero attached hydrogens (tertiary/aromatic N) is 2. The lowest BCUT2D eigenvalue weighted by molar-refractivity contribution is 0.100. The normalized spacial score (nSPS) is 10.5. The third kappa shape index (κ3) is 2.59. The molecule has 0 aliphatic heterocycles. The van der Waals surface area contributed by atoms with E-state index in [2.05, 4.69) is 15.3 Å². The molecule has 0 saturated carbocycles. The Balaban J connectivity index is 1.97. The summed E-state index contributed by atoms with van der Waals surface area (Å²) in [5, 5.41) is 4.01. The van der Waals surface area contributed by atoms with E-state index in [0.29, 0.717) is 17.1 Å². The number of fused-ring (bicyclic) bond motifs is 1. The molecule has 1 amide bonds. The monoisotopic (exact) mass is 279 g/mol. The summed E-state index contributed by atoms with van der Waals surface area (Å²) in [5.74, 6) is 0.195. The molecule has 3 aromatic rings. The molecule has 0 atom stereocenters. The molecule has 0 aliphatic carbocycles. The van der Waals surface area contributed by atoms with Crippen LogP contribution in [0.3, 0.4) is 0 Å². The van der Waals surface area contributed by atoms with Crippen LogP contribution < -0.4 is 16.8 Å². The predicted molar refractivity (Wildman–Crippen MR) is 82.2 cm³/mol. The number of amides is 1. The van der Waals surface area contributed by atoms with Gasteiger partial charge in [0.05, 0.1) is 5.52 Å². The summed E-state index contributed by atoms with van der Waals surface area (Å²) in [4.78, 5) is 19.5. The lowest BCUT2D eigenvalue weighted by Crippen LogP contribution is -2.10. The Bertz CT molecular complexity index is 814. The molecule has 0 bridgehead atoms. The van der Waals surface area contributed by atoms with E-state index in [0.717, 1.165) is 16.6 Å². The molecule has 5 N–H and O–H groups in total. The number of benzene rings is 2. The number of primary amides is 1. The summed E-state index contributed by atoms with van der Waals surface area (Å²) in [5.41, 5.74) is 13.7. The van der Waals surface area contributed by atoms with E-state index in [9.17, 15) is 4.79 Å². The molecule has 2 aromatic carbocycles. The van der Waals surface area contributed by atoms with Crippen LogP contribution in [-0.2, 0) is 0 Å². The minimum atomic E-state index is -0.457. The Hall–Kier alpha value is -3.15. The molecule has 6 nitrogen and oxygen atoms in total. The summed E-state index contributed by atoms with van der Waals surface area (Å²) in [6.45, 7) is 0. The average molecular weight is 279 g/mol. The molecular weight excluding hydrogens is 266 g/mol. The second-order valence-corrected chi connectivity index (χ2v) is 4.57. The van der Waals surface area contributed by atoms with Crippen molar-refractivity contribution < 1.29 is 4.79 Å². The number of anilines is 3. The van der Waals surface area contributed by atoms with Crippen LogP contribution in [0.5, 0.6) is 0 Å². The van der Waals surface area contributed by atoms with Gasteiger partial charge in [-0.05, 0) is 42.5 Å². The van der Waals surface area contributed by atoms with Gasteiger partial charge in [0.15, 0.2) is 0 Å². The van der Waals surface area contributed by atoms with Gasteiger partial charge in [0.25, 0.3) is 0 Å². The first kappa shape index (κ1) is 12.9. The fourth-order valence-electron chi connectivity index (χ4n) is 2.03. The fourth-order valence-corrected chi connectivity index (χ4v) is 2.03. The first-order valence-electron chi connectivity index (χ1n) is 6.30. The molecule has 0 aliphatic rings. The van der Waals surface area contributed by atoms with Crippen LogP contribution in [-0.4, -0.2) is 15.9 Å². The highest BCUT2D eigenvalue weighted by Crippen LogP contribution is 2.24. The Labute approximate surface area is 120 Å². The second kappa shape index (κ2) is 5.09. The average Bonchev–Trinajstić information content (AvgIpc) is 2.48. The molecule has 0 unspecified atom stereocenters. The third-order valence-corrected chi connectivity index (χ3v) is 3.09. The van der Waals surface area contributed by atoms with Crippen molar-refractivity contribution in [2.24, 2.45) is 5.73 Å². The van der Waals surface area contributed by atoms with Gasteiger partial charge in [-0.25, -0.2) is 9.97 Å². The Kier molecular flexibility index (Phi) is 3.12. The highest BCUT2D eigenvalue weighted by atomic mass is 16.1. The fraction of sp³-hybridized carbons (Fsp3) is 0. The molecule has 0 spiro atoms. The largest absolute Gasteiger partial charge is 0.399 e. The Morgan fingerprint density at radius 1 is 1.05 bits per heavy atom. The van der Waals surface area contributed by atoms with Crippen molar-refractivity contribution in [1.29, 1.82) is 0 Å². The number of carbonyl (C=O) groups excluding carboxylic acids is 1. The summed E-state index contributed by atoms with van der Waals surface area (Å²) in [6, 6.07) is 12.3. The van der Waals surface area contributed by atoms with E-state index >= 15 is 0 Å². The highest BCUT2D eigenvalue weighted by Gasteiger charge is 2.05. The first-order valence-corrected chi connectivity index (χ1v) is 6.30. The molecular formula is C15H13N5O. The number of nitrogens with one attached hydrogen (secondary N) is 1. The summed E-state index contributed by atoms with van der Waals surface area (Å²) >= 11 is 0. The SMILES string of the molecule is NC(=O)c1ccc(Nc2ncnc3ccc(N)cc23)cc1. The van der Waals surface area contributed by atoms with Crippen molar-refractivity contribution in [2.75, 3.05) is 11.1 Å². The van der Waals surface area contributed by atoms with Crippen molar-refractivity contribution >= 4 is 34.0 Å². The van der Waals surface area contributed by atoms with Crippen LogP contribution >= 0.6 is 0 Å². The van der Waals surface area contributed by atoms with E-state index in [1.54, 1.807) is 30.3 Å². The minimum absolute atomic E-state index is 0.456. The highest BCUT2D eigenvalue weighted by molar-refractivity contribution is 5.94. The number of nitrogens with two attached hydrogens (primary N) is 2. The number of carbonyl (C=O) groups is 1. The third-order valence-electron chi connectivity index (χ3n) is 3.09. The van der Waals surface area contributed by atoms with Gasteiger partial charge in [-0.2, -0.15) is 0 Å². The second-order valence-electron chi connectivity index (χ2n) is 4.57. The van der Waals surface area contributed by atoms with Crippen molar-refractivity contribution in [3.8, 4) is 0 Å². The zero-order chi connectivity index (χ0) is 14.8. The van der Waals surface area contributed by atoms with Crippen LogP contribution in [0.4, 0.5) is 17.2 Å². The minimum Gasteiger partial charge on any atom is -0.399 e. The molecule has 21 heavy (non-hydrogen) atoms. The first-order chi connectivity index (χ1) is 10.1. The number of aromatic nitrogens is 2. The molecule has 6 heteroatoms. The van der Waals surface area contributed by atoms with E-state index in [-0.39, 0.29) is 0 Å². The van der Waals surface area contributed by atoms with Crippen molar-refractivity contribution in [3.63, 3.8) is 0 Å². The standard InChI is InChI=1S/C15H13N5O/c16-10-3-6-13-12(7-10)15(19-8-18-13)20-11-4-1-9(2-5-11)14(17)21/h1-8H,16H2,(H2,17,21)(H,18,19,20). The lowest BCUT2D eigenvalue weighted by atomic mass is 10.2. The molecule has 0 radical (unpaired) electrons. The van der Waals surface area contributed by atoms with Gasteiger partial charge in [-0.1, -0.05) is 0 Å². The molecule has 104 valence electrons.